The number of hydrogen-bond donors (Lipinski definition) is 3. The molecule has 0 bridgehead atoms. The summed E-state index contributed by atoms with van der Waals surface area (Å²) in [5.74, 6) is -0.468. The predicted molar refractivity (Wildman–Crippen MR) is 79.9 cm³/mol. The second kappa shape index (κ2) is 5.63. The fourth-order valence-corrected chi connectivity index (χ4v) is 2.69. The molecule has 0 saturated carbocycles. The third-order valence-electron chi connectivity index (χ3n) is 3.89. The minimum absolute atomic E-state index is 0.156. The van der Waals surface area contributed by atoms with Gasteiger partial charge < -0.3 is 16.2 Å². The molecule has 1 aliphatic rings. The largest absolute Gasteiger partial charge is 0.386 e. The molecule has 108 valence electrons. The maximum Gasteiger partial charge on any atom is 0.161 e. The number of pyridine rings is 1. The van der Waals surface area contributed by atoms with Crippen molar-refractivity contribution in [1.29, 1.82) is 0 Å². The fourth-order valence-electron chi connectivity index (χ4n) is 2.69. The smallest absolute Gasteiger partial charge is 0.161 e. The van der Waals surface area contributed by atoms with Gasteiger partial charge >= 0.3 is 0 Å². The molecule has 3 unspecified atom stereocenters. The molecule has 1 aromatic carbocycles. The number of aliphatic hydroxyl groups is 1. The summed E-state index contributed by atoms with van der Waals surface area (Å²) in [4.78, 5) is 16.5. The lowest BCUT2D eigenvalue weighted by Crippen LogP contribution is -2.40. The number of aromatic nitrogens is 1. The average molecular weight is 283 g/mol. The highest BCUT2D eigenvalue weighted by Crippen LogP contribution is 2.33. The van der Waals surface area contributed by atoms with Crippen molar-refractivity contribution in [2.24, 2.45) is 5.73 Å². The van der Waals surface area contributed by atoms with E-state index in [0.717, 1.165) is 11.3 Å². The molecule has 21 heavy (non-hydrogen) atoms. The highest BCUT2D eigenvalue weighted by molar-refractivity contribution is 5.94. The topological polar surface area (TPSA) is 88.2 Å². The Kier molecular flexibility index (Phi) is 3.68. The number of para-hydroxylation sites is 1. The monoisotopic (exact) mass is 283 g/mol. The Bertz CT molecular complexity index is 645. The van der Waals surface area contributed by atoms with E-state index in [1.165, 1.54) is 0 Å². The molecule has 1 aromatic heterocycles. The number of benzene rings is 1. The number of carbonyl (C=O) groups is 1. The van der Waals surface area contributed by atoms with Gasteiger partial charge in [-0.15, -0.1) is 0 Å². The number of Topliss-reactive ketones (excluding diaryl/α,β-unsaturated/α-hetero) is 1. The Hall–Kier alpha value is -2.24. The van der Waals surface area contributed by atoms with Gasteiger partial charge in [0.15, 0.2) is 5.78 Å². The summed E-state index contributed by atoms with van der Waals surface area (Å²) in [5, 5.41) is 13.5. The number of nitrogens with two attached hydrogens (primary N) is 1. The maximum atomic E-state index is 12.6. The van der Waals surface area contributed by atoms with E-state index in [9.17, 15) is 9.90 Å². The molecular formula is C16H17N3O2. The van der Waals surface area contributed by atoms with Gasteiger partial charge in [-0.1, -0.05) is 18.2 Å². The summed E-state index contributed by atoms with van der Waals surface area (Å²) in [6, 6.07) is 10.1. The van der Waals surface area contributed by atoms with Crippen LogP contribution in [0.1, 0.15) is 23.1 Å². The standard InChI is InChI=1S/C16H17N3O2/c17-14(15(20)10-5-7-18-8-6-10)16(21)12-9-19-13-4-2-1-3-11(12)13/h1-8,12,14-15,19-20H,9,17H2. The zero-order valence-electron chi connectivity index (χ0n) is 11.4. The number of rotatable bonds is 4. The predicted octanol–water partition coefficient (Wildman–Crippen LogP) is 1.22. The number of hydrogen-bond acceptors (Lipinski definition) is 5. The molecule has 4 N–H and O–H groups in total. The lowest BCUT2D eigenvalue weighted by atomic mass is 9.89. The number of aliphatic hydroxyl groups excluding tert-OH is 1. The Morgan fingerprint density at radius 1 is 1.29 bits per heavy atom. The lowest BCUT2D eigenvalue weighted by Gasteiger charge is -2.21. The van der Waals surface area contributed by atoms with Crippen molar-refractivity contribution in [3.63, 3.8) is 0 Å². The summed E-state index contributed by atoms with van der Waals surface area (Å²) in [6.07, 6.45) is 2.12. The first-order valence-electron chi connectivity index (χ1n) is 6.88. The fraction of sp³-hybridized carbons (Fsp3) is 0.250. The maximum absolute atomic E-state index is 12.6. The van der Waals surface area contributed by atoms with Gasteiger partial charge in [-0.3, -0.25) is 9.78 Å². The summed E-state index contributed by atoms with van der Waals surface area (Å²) >= 11 is 0. The van der Waals surface area contributed by atoms with Crippen molar-refractivity contribution in [2.45, 2.75) is 18.1 Å². The normalized spacial score (nSPS) is 19.4. The molecule has 0 spiro atoms. The number of fused-ring (bicyclic) bond motifs is 1. The second-order valence-corrected chi connectivity index (χ2v) is 5.17. The summed E-state index contributed by atoms with van der Waals surface area (Å²) in [5.41, 5.74) is 8.49. The molecule has 0 fully saturated rings. The van der Waals surface area contributed by atoms with E-state index < -0.39 is 12.1 Å². The Labute approximate surface area is 122 Å². The van der Waals surface area contributed by atoms with E-state index in [-0.39, 0.29) is 11.7 Å². The van der Waals surface area contributed by atoms with Crippen LogP contribution in [0.3, 0.4) is 0 Å². The van der Waals surface area contributed by atoms with Crippen LogP contribution in [-0.4, -0.2) is 28.5 Å². The van der Waals surface area contributed by atoms with Gasteiger partial charge in [-0.2, -0.15) is 0 Å². The first-order valence-corrected chi connectivity index (χ1v) is 6.88. The molecular weight excluding hydrogens is 266 g/mol. The van der Waals surface area contributed by atoms with E-state index in [4.69, 9.17) is 5.73 Å². The van der Waals surface area contributed by atoms with Gasteiger partial charge in [0, 0.05) is 24.6 Å². The van der Waals surface area contributed by atoms with Crippen molar-refractivity contribution in [1.82, 2.24) is 4.98 Å². The zero-order valence-corrected chi connectivity index (χ0v) is 11.4. The van der Waals surface area contributed by atoms with Crippen LogP contribution in [0.2, 0.25) is 0 Å². The van der Waals surface area contributed by atoms with Crippen LogP contribution in [0.5, 0.6) is 0 Å². The Balaban J connectivity index is 1.80. The molecule has 5 heteroatoms. The minimum atomic E-state index is -1.02. The molecule has 3 rings (SSSR count). The number of ketones is 1. The summed E-state index contributed by atoms with van der Waals surface area (Å²) in [7, 11) is 0. The molecule has 0 saturated heterocycles. The van der Waals surface area contributed by atoms with Gasteiger partial charge in [0.1, 0.15) is 6.10 Å². The highest BCUT2D eigenvalue weighted by atomic mass is 16.3. The second-order valence-electron chi connectivity index (χ2n) is 5.17. The quantitative estimate of drug-likeness (QED) is 0.785. The zero-order chi connectivity index (χ0) is 14.8. The number of nitrogens with zero attached hydrogens (tertiary/aromatic N) is 1. The van der Waals surface area contributed by atoms with Crippen LogP contribution in [-0.2, 0) is 4.79 Å². The molecule has 0 radical (unpaired) electrons. The lowest BCUT2D eigenvalue weighted by molar-refractivity contribution is -0.123. The number of anilines is 1. The first-order chi connectivity index (χ1) is 10.2. The van der Waals surface area contributed by atoms with Gasteiger partial charge in [-0.25, -0.2) is 0 Å². The third kappa shape index (κ3) is 2.53. The minimum Gasteiger partial charge on any atom is -0.386 e. The van der Waals surface area contributed by atoms with Crippen molar-refractivity contribution >= 4 is 11.5 Å². The van der Waals surface area contributed by atoms with Crippen LogP contribution in [0, 0.1) is 0 Å². The van der Waals surface area contributed by atoms with E-state index in [0.29, 0.717) is 12.1 Å². The van der Waals surface area contributed by atoms with Crippen molar-refractivity contribution in [3.8, 4) is 0 Å². The van der Waals surface area contributed by atoms with E-state index in [1.54, 1.807) is 24.5 Å². The van der Waals surface area contributed by atoms with Gasteiger partial charge in [0.05, 0.1) is 12.0 Å². The molecule has 5 nitrogen and oxygen atoms in total. The van der Waals surface area contributed by atoms with Crippen LogP contribution >= 0.6 is 0 Å². The van der Waals surface area contributed by atoms with Gasteiger partial charge in [0.2, 0.25) is 0 Å². The molecule has 2 heterocycles. The Morgan fingerprint density at radius 2 is 2.00 bits per heavy atom. The SMILES string of the molecule is NC(C(=O)C1CNc2ccccc21)C(O)c1ccncc1. The van der Waals surface area contributed by atoms with Crippen molar-refractivity contribution < 1.29 is 9.90 Å². The van der Waals surface area contributed by atoms with Crippen LogP contribution in [0.25, 0.3) is 0 Å². The van der Waals surface area contributed by atoms with E-state index in [1.807, 2.05) is 24.3 Å². The third-order valence-corrected chi connectivity index (χ3v) is 3.89. The van der Waals surface area contributed by atoms with E-state index >= 15 is 0 Å². The number of carbonyl (C=O) groups excluding carboxylic acids is 1. The van der Waals surface area contributed by atoms with Crippen LogP contribution in [0.4, 0.5) is 5.69 Å². The average Bonchev–Trinajstić information content (AvgIpc) is 2.97. The molecule has 0 amide bonds. The van der Waals surface area contributed by atoms with Gasteiger partial charge in [-0.05, 0) is 29.3 Å². The molecule has 0 aliphatic carbocycles. The highest BCUT2D eigenvalue weighted by Gasteiger charge is 2.34. The number of nitrogens with one attached hydrogen (secondary N) is 1. The van der Waals surface area contributed by atoms with E-state index in [2.05, 4.69) is 10.3 Å². The van der Waals surface area contributed by atoms with Crippen molar-refractivity contribution in [3.05, 3.63) is 59.9 Å². The summed E-state index contributed by atoms with van der Waals surface area (Å²) < 4.78 is 0. The summed E-state index contributed by atoms with van der Waals surface area (Å²) in [6.45, 7) is 0.523. The first kappa shape index (κ1) is 13.7. The molecule has 2 aromatic rings. The van der Waals surface area contributed by atoms with Crippen LogP contribution in [0.15, 0.2) is 48.8 Å². The van der Waals surface area contributed by atoms with Gasteiger partial charge in [0.25, 0.3) is 0 Å². The van der Waals surface area contributed by atoms with Crippen molar-refractivity contribution in [2.75, 3.05) is 11.9 Å². The molecule has 1 aliphatic heterocycles. The van der Waals surface area contributed by atoms with Crippen LogP contribution < -0.4 is 11.1 Å². The Morgan fingerprint density at radius 3 is 2.76 bits per heavy atom. The molecule has 3 atom stereocenters.